The summed E-state index contributed by atoms with van der Waals surface area (Å²) in [5.74, 6) is 0.298. The Bertz CT molecular complexity index is 451. The van der Waals surface area contributed by atoms with Crippen molar-refractivity contribution in [3.63, 3.8) is 0 Å². The van der Waals surface area contributed by atoms with E-state index in [0.717, 1.165) is 19.5 Å². The molecular weight excluding hydrogens is 221 g/mol. The van der Waals surface area contributed by atoms with Gasteiger partial charge in [-0.3, -0.25) is 0 Å². The van der Waals surface area contributed by atoms with Crippen molar-refractivity contribution in [2.45, 2.75) is 24.5 Å². The van der Waals surface area contributed by atoms with Gasteiger partial charge in [0.25, 0.3) is 0 Å². The molecule has 1 saturated heterocycles. The van der Waals surface area contributed by atoms with Crippen LogP contribution in [-0.4, -0.2) is 35.7 Å². The van der Waals surface area contributed by atoms with Crippen LogP contribution in [-0.2, 0) is 0 Å². The van der Waals surface area contributed by atoms with Crippen molar-refractivity contribution in [1.29, 1.82) is 0 Å². The van der Waals surface area contributed by atoms with Crippen LogP contribution in [0.2, 0.25) is 0 Å². The molecule has 0 amide bonds. The van der Waals surface area contributed by atoms with E-state index in [0.29, 0.717) is 17.7 Å². The fourth-order valence-electron chi connectivity index (χ4n) is 2.90. The highest BCUT2D eigenvalue weighted by Gasteiger charge is 2.44. The maximum Gasteiger partial charge on any atom is 0.126 e. The fourth-order valence-corrected chi connectivity index (χ4v) is 2.90. The minimum atomic E-state index is -0.624. The third-order valence-corrected chi connectivity index (χ3v) is 3.73. The zero-order chi connectivity index (χ0) is 12.0. The zero-order valence-electron chi connectivity index (χ0n) is 9.82. The van der Waals surface area contributed by atoms with Gasteiger partial charge >= 0.3 is 0 Å². The number of rotatable bonds is 0. The van der Waals surface area contributed by atoms with E-state index in [2.05, 4.69) is 4.90 Å². The van der Waals surface area contributed by atoms with Gasteiger partial charge in [-0.25, -0.2) is 4.39 Å². The lowest BCUT2D eigenvalue weighted by atomic mass is 9.88. The van der Waals surface area contributed by atoms with Crippen molar-refractivity contribution in [1.82, 2.24) is 4.90 Å². The zero-order valence-corrected chi connectivity index (χ0v) is 9.82. The summed E-state index contributed by atoms with van der Waals surface area (Å²) in [7, 11) is 2.05. The molecule has 0 radical (unpaired) electrons. The molecule has 1 fully saturated rings. The second kappa shape index (κ2) is 3.68. The molecule has 1 N–H and O–H groups in total. The normalized spacial score (nSPS) is 32.5. The highest BCUT2D eigenvalue weighted by molar-refractivity contribution is 5.38. The van der Waals surface area contributed by atoms with E-state index in [4.69, 9.17) is 4.74 Å². The highest BCUT2D eigenvalue weighted by atomic mass is 19.1. The van der Waals surface area contributed by atoms with Crippen LogP contribution in [0.15, 0.2) is 18.2 Å². The van der Waals surface area contributed by atoms with Crippen LogP contribution < -0.4 is 4.74 Å². The first-order chi connectivity index (χ1) is 8.08. The van der Waals surface area contributed by atoms with Crippen molar-refractivity contribution >= 4 is 0 Å². The maximum atomic E-state index is 13.1. The predicted molar refractivity (Wildman–Crippen MR) is 61.4 cm³/mol. The number of aliphatic hydroxyl groups excluding tert-OH is 1. The van der Waals surface area contributed by atoms with Crippen LogP contribution >= 0.6 is 0 Å². The van der Waals surface area contributed by atoms with Gasteiger partial charge in [0.1, 0.15) is 17.2 Å². The number of halogens is 1. The van der Waals surface area contributed by atoms with E-state index < -0.39 is 6.10 Å². The minimum Gasteiger partial charge on any atom is -0.485 e. The molecule has 3 nitrogen and oxygen atoms in total. The predicted octanol–water partition coefficient (Wildman–Crippen LogP) is 1.72. The molecule has 0 aliphatic carbocycles. The average Bonchev–Trinajstić information content (AvgIpc) is 2.61. The molecule has 2 unspecified atom stereocenters. The second-order valence-electron chi connectivity index (χ2n) is 5.17. The Hall–Kier alpha value is -1.13. The van der Waals surface area contributed by atoms with E-state index in [-0.39, 0.29) is 11.4 Å². The molecular formula is C13H16FNO2. The number of hydrogen-bond acceptors (Lipinski definition) is 3. The number of ether oxygens (including phenoxy) is 1. The SMILES string of the molecule is CN1CCC2(CC(O)c3cc(F)ccc3O2)C1. The molecule has 1 aromatic carbocycles. The number of nitrogens with zero attached hydrogens (tertiary/aromatic N) is 1. The quantitative estimate of drug-likeness (QED) is 0.745. The van der Waals surface area contributed by atoms with Gasteiger partial charge in [-0.1, -0.05) is 0 Å². The monoisotopic (exact) mass is 237 g/mol. The van der Waals surface area contributed by atoms with Crippen LogP contribution in [0.4, 0.5) is 4.39 Å². The molecule has 0 saturated carbocycles. The molecule has 0 aromatic heterocycles. The number of aliphatic hydroxyl groups is 1. The van der Waals surface area contributed by atoms with Gasteiger partial charge in [0.2, 0.25) is 0 Å². The lowest BCUT2D eigenvalue weighted by molar-refractivity contribution is -0.00603. The van der Waals surface area contributed by atoms with E-state index in [1.807, 2.05) is 7.05 Å². The van der Waals surface area contributed by atoms with Crippen molar-refractivity contribution in [3.8, 4) is 5.75 Å². The third-order valence-electron chi connectivity index (χ3n) is 3.73. The number of benzene rings is 1. The lowest BCUT2D eigenvalue weighted by Gasteiger charge is -2.38. The van der Waals surface area contributed by atoms with Gasteiger partial charge in [-0.05, 0) is 25.2 Å². The van der Waals surface area contributed by atoms with Crippen LogP contribution in [0, 0.1) is 5.82 Å². The number of hydrogen-bond donors (Lipinski definition) is 1. The first kappa shape index (κ1) is 11.0. The summed E-state index contributed by atoms with van der Waals surface area (Å²) in [5.41, 5.74) is 0.282. The van der Waals surface area contributed by atoms with Gasteiger partial charge < -0.3 is 14.7 Å². The molecule has 2 heterocycles. The van der Waals surface area contributed by atoms with Gasteiger partial charge in [0.15, 0.2) is 0 Å². The topological polar surface area (TPSA) is 32.7 Å². The van der Waals surface area contributed by atoms with Gasteiger partial charge in [0.05, 0.1) is 6.10 Å². The molecule has 1 aromatic rings. The van der Waals surface area contributed by atoms with E-state index in [9.17, 15) is 9.50 Å². The summed E-state index contributed by atoms with van der Waals surface area (Å²) in [6.07, 6.45) is 0.839. The molecule has 92 valence electrons. The highest BCUT2D eigenvalue weighted by Crippen LogP contribution is 2.43. The van der Waals surface area contributed by atoms with Crippen molar-refractivity contribution < 1.29 is 14.2 Å². The van der Waals surface area contributed by atoms with Crippen LogP contribution in [0.1, 0.15) is 24.5 Å². The molecule has 2 atom stereocenters. The van der Waals surface area contributed by atoms with Crippen LogP contribution in [0.3, 0.4) is 0 Å². The van der Waals surface area contributed by atoms with Gasteiger partial charge in [0, 0.05) is 31.5 Å². The summed E-state index contributed by atoms with van der Waals surface area (Å²) in [6.45, 7) is 1.80. The Morgan fingerprint density at radius 1 is 1.53 bits per heavy atom. The van der Waals surface area contributed by atoms with Crippen LogP contribution in [0.25, 0.3) is 0 Å². The van der Waals surface area contributed by atoms with Crippen molar-refractivity contribution in [2.75, 3.05) is 20.1 Å². The summed E-state index contributed by atoms with van der Waals surface area (Å²) >= 11 is 0. The van der Waals surface area contributed by atoms with E-state index >= 15 is 0 Å². The Balaban J connectivity index is 1.96. The Morgan fingerprint density at radius 2 is 2.35 bits per heavy atom. The maximum absolute atomic E-state index is 13.1. The minimum absolute atomic E-state index is 0.293. The summed E-state index contributed by atoms with van der Waals surface area (Å²) in [6, 6.07) is 4.36. The molecule has 2 aliphatic rings. The molecule has 0 bridgehead atoms. The fraction of sp³-hybridized carbons (Fsp3) is 0.538. The Labute approximate surface area is 99.8 Å². The molecule has 2 aliphatic heterocycles. The average molecular weight is 237 g/mol. The smallest absolute Gasteiger partial charge is 0.126 e. The number of likely N-dealkylation sites (tertiary alicyclic amines) is 1. The molecule has 1 spiro atoms. The largest absolute Gasteiger partial charge is 0.485 e. The standard InChI is InChI=1S/C13H16FNO2/c1-15-5-4-13(8-15)7-11(16)10-6-9(14)2-3-12(10)17-13/h2-3,6,11,16H,4-5,7-8H2,1H3. The van der Waals surface area contributed by atoms with Gasteiger partial charge in [-0.15, -0.1) is 0 Å². The molecule has 4 heteroatoms. The van der Waals surface area contributed by atoms with Gasteiger partial charge in [-0.2, -0.15) is 0 Å². The lowest BCUT2D eigenvalue weighted by Crippen LogP contribution is -2.43. The van der Waals surface area contributed by atoms with Crippen molar-refractivity contribution in [2.24, 2.45) is 0 Å². The van der Waals surface area contributed by atoms with E-state index in [1.165, 1.54) is 12.1 Å². The Morgan fingerprint density at radius 3 is 3.06 bits per heavy atom. The van der Waals surface area contributed by atoms with E-state index in [1.54, 1.807) is 6.07 Å². The van der Waals surface area contributed by atoms with Crippen molar-refractivity contribution in [3.05, 3.63) is 29.6 Å². The molecule has 3 rings (SSSR count). The number of likely N-dealkylation sites (N-methyl/N-ethyl adjacent to an activating group) is 1. The summed E-state index contributed by atoms with van der Waals surface area (Å²) < 4.78 is 19.1. The summed E-state index contributed by atoms with van der Waals surface area (Å²) in [5, 5.41) is 10.1. The third kappa shape index (κ3) is 1.81. The Kier molecular flexibility index (Phi) is 2.38. The molecule has 17 heavy (non-hydrogen) atoms. The first-order valence-corrected chi connectivity index (χ1v) is 5.93. The number of fused-ring (bicyclic) bond motifs is 1. The first-order valence-electron chi connectivity index (χ1n) is 5.93. The summed E-state index contributed by atoms with van der Waals surface area (Å²) in [4.78, 5) is 2.20. The second-order valence-corrected chi connectivity index (χ2v) is 5.17. The van der Waals surface area contributed by atoms with Crippen LogP contribution in [0.5, 0.6) is 5.75 Å².